The lowest BCUT2D eigenvalue weighted by molar-refractivity contribution is -0.0571. The zero-order valence-electron chi connectivity index (χ0n) is 9.41. The summed E-state index contributed by atoms with van der Waals surface area (Å²) in [7, 11) is 0. The van der Waals surface area contributed by atoms with Crippen LogP contribution in [0.1, 0.15) is 24.0 Å². The van der Waals surface area contributed by atoms with E-state index in [2.05, 4.69) is 41.7 Å². The van der Waals surface area contributed by atoms with Gasteiger partial charge in [-0.1, -0.05) is 36.4 Å². The maximum absolute atomic E-state index is 6.13. The third kappa shape index (κ3) is 1.58. The monoisotopic (exact) mass is 215 g/mol. The van der Waals surface area contributed by atoms with E-state index in [1.54, 1.807) is 0 Å². The second kappa shape index (κ2) is 4.04. The minimum absolute atomic E-state index is 0.0503. The molecule has 0 amide bonds. The van der Waals surface area contributed by atoms with Gasteiger partial charge in [0.2, 0.25) is 0 Å². The Morgan fingerprint density at radius 2 is 1.94 bits per heavy atom. The highest BCUT2D eigenvalue weighted by molar-refractivity contribution is 5.56. The van der Waals surface area contributed by atoms with E-state index < -0.39 is 0 Å². The van der Waals surface area contributed by atoms with Gasteiger partial charge in [-0.3, -0.25) is 0 Å². The molecule has 1 N–H and O–H groups in total. The molecule has 1 saturated heterocycles. The van der Waals surface area contributed by atoms with Gasteiger partial charge in [0.25, 0.3) is 0 Å². The molecule has 1 spiro atoms. The zero-order chi connectivity index (χ0) is 10.8. The quantitative estimate of drug-likeness (QED) is 0.717. The van der Waals surface area contributed by atoms with Crippen molar-refractivity contribution in [2.75, 3.05) is 19.7 Å². The molecule has 0 saturated carbocycles. The molecule has 2 heterocycles. The Hall–Kier alpha value is -1.12. The Kier molecular flexibility index (Phi) is 2.54. The van der Waals surface area contributed by atoms with Crippen LogP contribution in [-0.2, 0) is 10.3 Å². The molecule has 0 aliphatic carbocycles. The van der Waals surface area contributed by atoms with Crippen molar-refractivity contribution in [2.45, 2.75) is 18.4 Å². The number of hydrogen-bond donors (Lipinski definition) is 1. The van der Waals surface area contributed by atoms with E-state index in [-0.39, 0.29) is 5.60 Å². The van der Waals surface area contributed by atoms with Gasteiger partial charge in [0.05, 0.1) is 12.2 Å². The first kappa shape index (κ1) is 10.1. The van der Waals surface area contributed by atoms with Crippen LogP contribution in [0, 0.1) is 0 Å². The van der Waals surface area contributed by atoms with Crippen LogP contribution in [0.3, 0.4) is 0 Å². The van der Waals surface area contributed by atoms with Gasteiger partial charge >= 0.3 is 0 Å². The fourth-order valence-corrected chi connectivity index (χ4v) is 2.76. The summed E-state index contributed by atoms with van der Waals surface area (Å²) < 4.78 is 6.13. The van der Waals surface area contributed by atoms with Crippen LogP contribution in [0.25, 0.3) is 6.08 Å². The Bertz CT molecular complexity index is 405. The fourth-order valence-electron chi connectivity index (χ4n) is 2.76. The molecule has 2 heteroatoms. The lowest BCUT2D eigenvalue weighted by atomic mass is 9.82. The molecule has 0 atom stereocenters. The highest BCUT2D eigenvalue weighted by Gasteiger charge is 2.36. The van der Waals surface area contributed by atoms with Crippen LogP contribution in [0.4, 0.5) is 0 Å². The van der Waals surface area contributed by atoms with E-state index in [1.165, 1.54) is 11.1 Å². The van der Waals surface area contributed by atoms with Crippen molar-refractivity contribution in [3.05, 3.63) is 41.5 Å². The number of hydrogen-bond acceptors (Lipinski definition) is 2. The molecule has 1 aromatic rings. The molecule has 3 rings (SSSR count). The van der Waals surface area contributed by atoms with Gasteiger partial charge in [0, 0.05) is 0 Å². The normalized spacial score (nSPS) is 22.8. The first-order valence-electron chi connectivity index (χ1n) is 6.01. The average molecular weight is 215 g/mol. The zero-order valence-corrected chi connectivity index (χ0v) is 9.41. The van der Waals surface area contributed by atoms with Crippen molar-refractivity contribution < 1.29 is 4.74 Å². The molecule has 0 aromatic heterocycles. The lowest BCUT2D eigenvalue weighted by Gasteiger charge is -2.38. The largest absolute Gasteiger partial charge is 0.366 e. The molecule has 0 radical (unpaired) electrons. The number of benzene rings is 1. The highest BCUT2D eigenvalue weighted by atomic mass is 16.5. The van der Waals surface area contributed by atoms with E-state index in [0.717, 1.165) is 32.5 Å². The van der Waals surface area contributed by atoms with Crippen molar-refractivity contribution in [2.24, 2.45) is 0 Å². The molecular weight excluding hydrogens is 198 g/mol. The average Bonchev–Trinajstić information content (AvgIpc) is 2.52. The third-order valence-corrected chi connectivity index (χ3v) is 3.62. The van der Waals surface area contributed by atoms with Crippen LogP contribution in [0.5, 0.6) is 0 Å². The maximum Gasteiger partial charge on any atom is 0.0965 e. The third-order valence-electron chi connectivity index (χ3n) is 3.62. The smallest absolute Gasteiger partial charge is 0.0965 e. The van der Waals surface area contributed by atoms with Crippen molar-refractivity contribution >= 4 is 6.08 Å². The van der Waals surface area contributed by atoms with E-state index in [0.29, 0.717) is 0 Å². The van der Waals surface area contributed by atoms with Gasteiger partial charge < -0.3 is 10.1 Å². The first-order valence-corrected chi connectivity index (χ1v) is 6.01. The van der Waals surface area contributed by atoms with Crippen LogP contribution in [-0.4, -0.2) is 19.7 Å². The van der Waals surface area contributed by atoms with E-state index in [4.69, 9.17) is 4.74 Å². The minimum Gasteiger partial charge on any atom is -0.366 e. The number of ether oxygens (including phenoxy) is 1. The van der Waals surface area contributed by atoms with E-state index in [9.17, 15) is 0 Å². The van der Waals surface area contributed by atoms with Gasteiger partial charge in [-0.05, 0) is 37.1 Å². The van der Waals surface area contributed by atoms with Crippen molar-refractivity contribution in [3.63, 3.8) is 0 Å². The predicted octanol–water partition coefficient (Wildman–Crippen LogP) is 2.31. The summed E-state index contributed by atoms with van der Waals surface area (Å²) in [6.07, 6.45) is 6.46. The first-order chi connectivity index (χ1) is 7.91. The highest BCUT2D eigenvalue weighted by Crippen LogP contribution is 2.38. The van der Waals surface area contributed by atoms with Crippen LogP contribution >= 0.6 is 0 Å². The predicted molar refractivity (Wildman–Crippen MR) is 65.2 cm³/mol. The van der Waals surface area contributed by atoms with Crippen LogP contribution < -0.4 is 5.32 Å². The van der Waals surface area contributed by atoms with Gasteiger partial charge in [-0.25, -0.2) is 0 Å². The molecule has 84 valence electrons. The molecule has 1 aromatic carbocycles. The molecular formula is C14H17NO. The summed E-state index contributed by atoms with van der Waals surface area (Å²) in [4.78, 5) is 0. The molecule has 2 aliphatic heterocycles. The van der Waals surface area contributed by atoms with Crippen molar-refractivity contribution in [3.8, 4) is 0 Å². The summed E-state index contributed by atoms with van der Waals surface area (Å²) >= 11 is 0. The summed E-state index contributed by atoms with van der Waals surface area (Å²) in [5.41, 5.74) is 2.64. The summed E-state index contributed by atoms with van der Waals surface area (Å²) in [6, 6.07) is 8.62. The number of nitrogens with one attached hydrogen (secondary N) is 1. The molecule has 0 bridgehead atoms. The summed E-state index contributed by atoms with van der Waals surface area (Å²) in [5.74, 6) is 0. The second-order valence-electron chi connectivity index (χ2n) is 4.54. The number of rotatable bonds is 0. The maximum atomic E-state index is 6.13. The Morgan fingerprint density at radius 3 is 2.81 bits per heavy atom. The Balaban J connectivity index is 2.07. The summed E-state index contributed by atoms with van der Waals surface area (Å²) in [5, 5.41) is 3.41. The van der Waals surface area contributed by atoms with E-state index >= 15 is 0 Å². The van der Waals surface area contributed by atoms with Crippen molar-refractivity contribution in [1.29, 1.82) is 0 Å². The van der Waals surface area contributed by atoms with Crippen LogP contribution in [0.15, 0.2) is 30.3 Å². The number of piperidine rings is 1. The Morgan fingerprint density at radius 1 is 1.12 bits per heavy atom. The lowest BCUT2D eigenvalue weighted by Crippen LogP contribution is -2.42. The van der Waals surface area contributed by atoms with Gasteiger partial charge in [0.15, 0.2) is 0 Å². The topological polar surface area (TPSA) is 21.3 Å². The summed E-state index contributed by atoms with van der Waals surface area (Å²) in [6.45, 7) is 2.83. The van der Waals surface area contributed by atoms with Gasteiger partial charge in [0.1, 0.15) is 0 Å². The molecule has 1 fully saturated rings. The van der Waals surface area contributed by atoms with E-state index in [1.807, 2.05) is 0 Å². The van der Waals surface area contributed by atoms with Crippen molar-refractivity contribution in [1.82, 2.24) is 5.32 Å². The minimum atomic E-state index is -0.0503. The van der Waals surface area contributed by atoms with Gasteiger partial charge in [-0.15, -0.1) is 0 Å². The SMILES string of the molecule is C1=Cc2ccccc2C2(CCNCC2)OC1. The molecule has 2 nitrogen and oxygen atoms in total. The molecule has 16 heavy (non-hydrogen) atoms. The fraction of sp³-hybridized carbons (Fsp3) is 0.429. The van der Waals surface area contributed by atoms with Gasteiger partial charge in [-0.2, -0.15) is 0 Å². The molecule has 0 unspecified atom stereocenters. The molecule has 2 aliphatic rings. The Labute approximate surface area is 96.3 Å². The second-order valence-corrected chi connectivity index (χ2v) is 4.54. The number of fused-ring (bicyclic) bond motifs is 2. The standard InChI is InChI=1S/C14H17NO/c1-2-6-13-12(4-1)5-3-11-16-14(13)7-9-15-10-8-14/h1-6,15H,7-11H2. The van der Waals surface area contributed by atoms with Crippen LogP contribution in [0.2, 0.25) is 0 Å².